The molecule has 0 spiro atoms. The Labute approximate surface area is 169 Å². The molecule has 0 aliphatic carbocycles. The number of amides is 3. The second-order valence-electron chi connectivity index (χ2n) is 7.46. The maximum absolute atomic E-state index is 13.1. The summed E-state index contributed by atoms with van der Waals surface area (Å²) in [4.78, 5) is 51.4. The van der Waals surface area contributed by atoms with Gasteiger partial charge in [-0.15, -0.1) is 0 Å². The molecule has 2 aliphatic rings. The van der Waals surface area contributed by atoms with Crippen LogP contribution in [0.25, 0.3) is 0 Å². The molecule has 4 rings (SSSR count). The summed E-state index contributed by atoms with van der Waals surface area (Å²) < 4.78 is 0. The normalized spacial score (nSPS) is 19.8. The van der Waals surface area contributed by atoms with Gasteiger partial charge in [-0.2, -0.15) is 0 Å². The fourth-order valence-electron chi connectivity index (χ4n) is 3.97. The lowest BCUT2D eigenvalue weighted by Crippen LogP contribution is -2.59. The van der Waals surface area contributed by atoms with E-state index >= 15 is 0 Å². The smallest absolute Gasteiger partial charge is 0.274 e. The molecule has 0 saturated carbocycles. The van der Waals surface area contributed by atoms with E-state index in [0.29, 0.717) is 32.6 Å². The fourth-order valence-corrected chi connectivity index (χ4v) is 3.97. The quantitative estimate of drug-likeness (QED) is 0.772. The Hall–Kier alpha value is -3.29. The molecule has 1 unspecified atom stereocenters. The molecular weight excluding hydrogens is 370 g/mol. The molecule has 0 N–H and O–H groups in total. The Kier molecular flexibility index (Phi) is 5.24. The number of hydrogen-bond acceptors (Lipinski definition) is 5. The van der Waals surface area contributed by atoms with Crippen LogP contribution in [0.4, 0.5) is 0 Å². The Bertz CT molecular complexity index is 933. The summed E-state index contributed by atoms with van der Waals surface area (Å²) in [6.45, 7) is 3.61. The zero-order chi connectivity index (χ0) is 20.4. The van der Waals surface area contributed by atoms with Crippen LogP contribution in [0.2, 0.25) is 0 Å². The van der Waals surface area contributed by atoms with Crippen LogP contribution < -0.4 is 0 Å². The summed E-state index contributed by atoms with van der Waals surface area (Å²) in [5, 5.41) is 0. The van der Waals surface area contributed by atoms with Crippen LogP contribution in [0.15, 0.2) is 42.9 Å². The van der Waals surface area contributed by atoms with Gasteiger partial charge >= 0.3 is 0 Å². The molecule has 29 heavy (non-hydrogen) atoms. The van der Waals surface area contributed by atoms with Gasteiger partial charge in [0.15, 0.2) is 0 Å². The van der Waals surface area contributed by atoms with E-state index in [1.54, 1.807) is 14.7 Å². The lowest BCUT2D eigenvalue weighted by molar-refractivity contribution is -0.156. The Morgan fingerprint density at radius 2 is 2.03 bits per heavy atom. The molecule has 3 amide bonds. The van der Waals surface area contributed by atoms with E-state index in [1.165, 1.54) is 18.6 Å². The number of carbonyl (C=O) groups excluding carboxylic acids is 3. The molecule has 0 bridgehead atoms. The first-order chi connectivity index (χ1) is 14.0. The zero-order valence-electron chi connectivity index (χ0n) is 16.3. The monoisotopic (exact) mass is 393 g/mol. The summed E-state index contributed by atoms with van der Waals surface area (Å²) in [5.74, 6) is -0.356. The van der Waals surface area contributed by atoms with Crippen molar-refractivity contribution in [2.75, 3.05) is 26.2 Å². The summed E-state index contributed by atoms with van der Waals surface area (Å²) >= 11 is 0. The molecule has 1 aromatic heterocycles. The van der Waals surface area contributed by atoms with Gasteiger partial charge in [0.05, 0.1) is 6.20 Å². The number of aryl methyl sites for hydroxylation is 1. The third-order valence-corrected chi connectivity index (χ3v) is 5.43. The number of nitrogens with zero attached hydrogens (tertiary/aromatic N) is 5. The van der Waals surface area contributed by atoms with Crippen molar-refractivity contribution in [2.45, 2.75) is 25.9 Å². The van der Waals surface area contributed by atoms with Crippen LogP contribution in [-0.2, 0) is 16.1 Å². The van der Waals surface area contributed by atoms with E-state index in [-0.39, 0.29) is 30.0 Å². The largest absolute Gasteiger partial charge is 0.335 e. The van der Waals surface area contributed by atoms with E-state index in [9.17, 15) is 14.4 Å². The highest BCUT2D eigenvalue weighted by molar-refractivity contribution is 5.95. The van der Waals surface area contributed by atoms with E-state index < -0.39 is 6.04 Å². The summed E-state index contributed by atoms with van der Waals surface area (Å²) in [6.07, 6.45) is 4.84. The van der Waals surface area contributed by atoms with Gasteiger partial charge < -0.3 is 14.7 Å². The number of piperazine rings is 1. The van der Waals surface area contributed by atoms with Gasteiger partial charge in [-0.25, -0.2) is 4.98 Å². The number of fused-ring (bicyclic) bond motifs is 1. The molecule has 2 fully saturated rings. The molecule has 0 radical (unpaired) electrons. The number of aromatic nitrogens is 2. The average molecular weight is 393 g/mol. The third-order valence-electron chi connectivity index (χ3n) is 5.43. The molecule has 3 heterocycles. The van der Waals surface area contributed by atoms with Crippen molar-refractivity contribution in [2.24, 2.45) is 0 Å². The summed E-state index contributed by atoms with van der Waals surface area (Å²) in [6, 6.07) is 7.42. The number of hydrogen-bond donors (Lipinski definition) is 0. The van der Waals surface area contributed by atoms with Crippen molar-refractivity contribution in [3.8, 4) is 0 Å². The van der Waals surface area contributed by atoms with E-state index in [1.807, 2.05) is 31.2 Å². The van der Waals surface area contributed by atoms with Crippen molar-refractivity contribution in [3.63, 3.8) is 0 Å². The number of carbonyl (C=O) groups is 3. The molecular formula is C21H23N5O3. The Morgan fingerprint density at radius 1 is 1.17 bits per heavy atom. The van der Waals surface area contributed by atoms with Crippen LogP contribution in [0.3, 0.4) is 0 Å². The second-order valence-corrected chi connectivity index (χ2v) is 7.46. The molecule has 1 atom stereocenters. The van der Waals surface area contributed by atoms with Crippen LogP contribution in [-0.4, -0.2) is 74.6 Å². The number of benzene rings is 1. The lowest BCUT2D eigenvalue weighted by Gasteiger charge is -2.39. The van der Waals surface area contributed by atoms with Crippen molar-refractivity contribution >= 4 is 17.7 Å². The Morgan fingerprint density at radius 3 is 2.79 bits per heavy atom. The van der Waals surface area contributed by atoms with Crippen LogP contribution in [0, 0.1) is 6.92 Å². The fraction of sp³-hybridized carbons (Fsp3) is 0.381. The third kappa shape index (κ3) is 3.96. The van der Waals surface area contributed by atoms with Gasteiger partial charge in [-0.1, -0.05) is 29.8 Å². The van der Waals surface area contributed by atoms with E-state index in [0.717, 1.165) is 11.1 Å². The minimum Gasteiger partial charge on any atom is -0.335 e. The maximum Gasteiger partial charge on any atom is 0.274 e. The standard InChI is InChI=1S/C21H23N5O3/c1-15-3-2-4-16(11-15)13-25-14-19(27)26-10-9-24(8-5-18(26)21(25)29)20(28)17-12-22-6-7-23-17/h2-4,6-7,11-12,18H,5,8-10,13-14H2,1H3. The second kappa shape index (κ2) is 7.98. The van der Waals surface area contributed by atoms with Gasteiger partial charge in [0.25, 0.3) is 5.91 Å². The summed E-state index contributed by atoms with van der Waals surface area (Å²) in [7, 11) is 0. The van der Waals surface area contributed by atoms with Crippen LogP contribution in [0.1, 0.15) is 28.0 Å². The number of rotatable bonds is 3. The predicted octanol–water partition coefficient (Wildman–Crippen LogP) is 0.871. The van der Waals surface area contributed by atoms with Crippen molar-refractivity contribution in [1.29, 1.82) is 0 Å². The van der Waals surface area contributed by atoms with Crippen molar-refractivity contribution in [3.05, 3.63) is 59.7 Å². The highest BCUT2D eigenvalue weighted by Gasteiger charge is 2.41. The van der Waals surface area contributed by atoms with Crippen molar-refractivity contribution < 1.29 is 14.4 Å². The minimum absolute atomic E-state index is 0.0556. The maximum atomic E-state index is 13.1. The van der Waals surface area contributed by atoms with Crippen molar-refractivity contribution in [1.82, 2.24) is 24.7 Å². The van der Waals surface area contributed by atoms with Gasteiger partial charge in [0.1, 0.15) is 18.3 Å². The van der Waals surface area contributed by atoms with Gasteiger partial charge in [-0.05, 0) is 18.9 Å². The van der Waals surface area contributed by atoms with Gasteiger partial charge in [-0.3, -0.25) is 19.4 Å². The SMILES string of the molecule is Cc1cccc(CN2CC(=O)N3CCN(C(=O)c4cnccn4)CCC3C2=O)c1. The predicted molar refractivity (Wildman–Crippen MR) is 105 cm³/mol. The van der Waals surface area contributed by atoms with Gasteiger partial charge in [0.2, 0.25) is 11.8 Å². The first-order valence-corrected chi connectivity index (χ1v) is 9.72. The first-order valence-electron chi connectivity index (χ1n) is 9.72. The average Bonchev–Trinajstić information content (AvgIpc) is 2.96. The van der Waals surface area contributed by atoms with Crippen LogP contribution >= 0.6 is 0 Å². The highest BCUT2D eigenvalue weighted by atomic mass is 16.2. The van der Waals surface area contributed by atoms with E-state index in [2.05, 4.69) is 9.97 Å². The van der Waals surface area contributed by atoms with Crippen LogP contribution in [0.5, 0.6) is 0 Å². The first kappa shape index (κ1) is 19.0. The molecule has 2 saturated heterocycles. The lowest BCUT2D eigenvalue weighted by atomic mass is 10.1. The summed E-state index contributed by atoms with van der Waals surface area (Å²) in [5.41, 5.74) is 2.39. The molecule has 8 heteroatoms. The van der Waals surface area contributed by atoms with E-state index in [4.69, 9.17) is 0 Å². The molecule has 1 aromatic carbocycles. The topological polar surface area (TPSA) is 86.7 Å². The molecule has 8 nitrogen and oxygen atoms in total. The zero-order valence-corrected chi connectivity index (χ0v) is 16.3. The highest BCUT2D eigenvalue weighted by Crippen LogP contribution is 2.21. The molecule has 2 aromatic rings. The molecule has 2 aliphatic heterocycles. The van der Waals surface area contributed by atoms with Gasteiger partial charge in [0, 0.05) is 38.6 Å². The minimum atomic E-state index is -0.527. The molecule has 150 valence electrons. The Balaban J connectivity index is 1.48.